The molecule has 0 aromatic heterocycles. The maximum absolute atomic E-state index is 13.4. The highest BCUT2D eigenvalue weighted by Crippen LogP contribution is 2.36. The molecule has 3 heterocycles. The zero-order valence-corrected chi connectivity index (χ0v) is 22.7. The van der Waals surface area contributed by atoms with E-state index >= 15 is 0 Å². The number of hydrogen-bond acceptors (Lipinski definition) is 6. The first-order valence-electron chi connectivity index (χ1n) is 13.4. The maximum Gasteiger partial charge on any atom is 0.253 e. The Balaban J connectivity index is 1.06. The zero-order chi connectivity index (χ0) is 26.4. The number of amides is 2. The topological polar surface area (TPSA) is 74.4 Å². The van der Waals surface area contributed by atoms with Gasteiger partial charge in [-0.15, -0.1) is 0 Å². The van der Waals surface area contributed by atoms with E-state index in [2.05, 4.69) is 42.3 Å². The second-order valence-electron chi connectivity index (χ2n) is 10.8. The number of aryl methyl sites for hydroxylation is 1. The number of thiocarbonyl (C=S) groups is 1. The minimum Gasteiger partial charge on any atom is -0.368 e. The summed E-state index contributed by atoms with van der Waals surface area (Å²) < 4.78 is 11.3. The van der Waals surface area contributed by atoms with E-state index in [9.17, 15) is 9.59 Å². The molecule has 3 aliphatic heterocycles. The van der Waals surface area contributed by atoms with E-state index in [0.717, 1.165) is 25.1 Å². The summed E-state index contributed by atoms with van der Waals surface area (Å²) in [6, 6.07) is 13.9. The van der Waals surface area contributed by atoms with E-state index in [-0.39, 0.29) is 36.0 Å². The van der Waals surface area contributed by atoms with Crippen LogP contribution in [0, 0.1) is 19.8 Å². The Kier molecular flexibility index (Phi) is 6.84. The van der Waals surface area contributed by atoms with Crippen LogP contribution in [-0.2, 0) is 20.8 Å². The van der Waals surface area contributed by atoms with E-state index in [1.165, 1.54) is 16.8 Å². The molecule has 4 aliphatic rings. The van der Waals surface area contributed by atoms with Crippen molar-refractivity contribution < 1.29 is 19.1 Å². The molecule has 4 atom stereocenters. The molecule has 4 fully saturated rings. The lowest BCUT2D eigenvalue weighted by Gasteiger charge is -2.44. The average Bonchev–Trinajstić information content (AvgIpc) is 3.39. The molecule has 200 valence electrons. The van der Waals surface area contributed by atoms with Crippen molar-refractivity contribution in [2.75, 3.05) is 37.9 Å². The highest BCUT2D eigenvalue weighted by atomic mass is 32.1. The third-order valence-corrected chi connectivity index (χ3v) is 8.94. The summed E-state index contributed by atoms with van der Waals surface area (Å²) in [4.78, 5) is 32.5. The number of fused-ring (bicyclic) bond motifs is 2. The number of rotatable bonds is 4. The number of hydrogen-bond donors (Lipinski definition) is 1. The standard InChI is InChI=1S/C29H34N4O4S/c1-18-4-3-5-24(19(18)2)31-10-12-32(13-11-31)27(34)21-8-6-20(7-9-21)16-33-28(35)22-14-25-26(37-17-36-25)15-23(22)30-29(33)38/h3-9,22-23,25-26H,10-17H2,1-2H3,(H,30,38). The van der Waals surface area contributed by atoms with Crippen LogP contribution in [-0.4, -0.2) is 77.9 Å². The molecule has 1 N–H and O–H groups in total. The smallest absolute Gasteiger partial charge is 0.253 e. The first kappa shape index (κ1) is 25.3. The van der Waals surface area contributed by atoms with Crippen LogP contribution in [0.3, 0.4) is 0 Å². The van der Waals surface area contributed by atoms with Crippen LogP contribution >= 0.6 is 12.2 Å². The van der Waals surface area contributed by atoms with Crippen LogP contribution in [0.5, 0.6) is 0 Å². The van der Waals surface area contributed by atoms with Crippen LogP contribution < -0.4 is 10.2 Å². The second-order valence-corrected chi connectivity index (χ2v) is 11.2. The molecule has 38 heavy (non-hydrogen) atoms. The summed E-state index contributed by atoms with van der Waals surface area (Å²) in [6.07, 6.45) is 1.38. The number of nitrogens with one attached hydrogen (secondary N) is 1. The molecule has 0 spiro atoms. The predicted molar refractivity (Wildman–Crippen MR) is 148 cm³/mol. The lowest BCUT2D eigenvalue weighted by atomic mass is 9.79. The van der Waals surface area contributed by atoms with Crippen LogP contribution in [0.4, 0.5) is 5.69 Å². The van der Waals surface area contributed by atoms with Gasteiger partial charge in [0.2, 0.25) is 5.91 Å². The molecule has 2 aromatic carbocycles. The second kappa shape index (κ2) is 10.3. The lowest BCUT2D eigenvalue weighted by molar-refractivity contribution is -0.137. The number of anilines is 1. The molecule has 2 amide bonds. The Hall–Kier alpha value is -3.01. The molecule has 6 rings (SSSR count). The summed E-state index contributed by atoms with van der Waals surface area (Å²) in [5, 5.41) is 3.82. The van der Waals surface area contributed by atoms with Gasteiger partial charge in [-0.25, -0.2) is 0 Å². The van der Waals surface area contributed by atoms with Crippen molar-refractivity contribution in [1.29, 1.82) is 0 Å². The minimum atomic E-state index is -0.173. The van der Waals surface area contributed by atoms with Crippen molar-refractivity contribution in [2.45, 2.75) is 51.5 Å². The molecule has 8 nitrogen and oxygen atoms in total. The number of piperazine rings is 1. The number of carbonyl (C=O) groups is 2. The first-order valence-corrected chi connectivity index (χ1v) is 13.8. The van der Waals surface area contributed by atoms with Crippen molar-refractivity contribution in [2.24, 2.45) is 5.92 Å². The molecule has 9 heteroatoms. The van der Waals surface area contributed by atoms with Crippen molar-refractivity contribution in [3.63, 3.8) is 0 Å². The third kappa shape index (κ3) is 4.67. The van der Waals surface area contributed by atoms with Gasteiger partial charge in [0.1, 0.15) is 6.79 Å². The van der Waals surface area contributed by atoms with Crippen molar-refractivity contribution in [1.82, 2.24) is 15.1 Å². The Morgan fingerprint density at radius 1 is 1.00 bits per heavy atom. The number of ether oxygens (including phenoxy) is 2. The van der Waals surface area contributed by atoms with Gasteiger partial charge in [0.15, 0.2) is 5.11 Å². The van der Waals surface area contributed by atoms with Gasteiger partial charge in [-0.2, -0.15) is 0 Å². The van der Waals surface area contributed by atoms with Gasteiger partial charge in [0.05, 0.1) is 24.7 Å². The summed E-state index contributed by atoms with van der Waals surface area (Å²) >= 11 is 5.56. The average molecular weight is 535 g/mol. The van der Waals surface area contributed by atoms with Gasteiger partial charge in [-0.1, -0.05) is 24.3 Å². The van der Waals surface area contributed by atoms with Crippen LogP contribution in [0.2, 0.25) is 0 Å². The van der Waals surface area contributed by atoms with Gasteiger partial charge < -0.3 is 24.6 Å². The fourth-order valence-electron chi connectivity index (χ4n) is 6.16. The third-order valence-electron chi connectivity index (χ3n) is 8.60. The van der Waals surface area contributed by atoms with E-state index < -0.39 is 0 Å². The van der Waals surface area contributed by atoms with E-state index in [1.54, 1.807) is 4.90 Å². The van der Waals surface area contributed by atoms with Crippen molar-refractivity contribution in [3.05, 3.63) is 64.7 Å². The predicted octanol–water partition coefficient (Wildman–Crippen LogP) is 3.00. The van der Waals surface area contributed by atoms with Gasteiger partial charge in [0, 0.05) is 43.5 Å². The van der Waals surface area contributed by atoms with Gasteiger partial charge in [-0.05, 0) is 73.8 Å². The number of benzene rings is 2. The monoisotopic (exact) mass is 534 g/mol. The quantitative estimate of drug-likeness (QED) is 0.605. The van der Waals surface area contributed by atoms with E-state index in [1.807, 2.05) is 29.2 Å². The molecular weight excluding hydrogens is 500 g/mol. The van der Waals surface area contributed by atoms with Crippen molar-refractivity contribution in [3.8, 4) is 0 Å². The number of carbonyl (C=O) groups excluding carboxylic acids is 2. The highest BCUT2D eigenvalue weighted by Gasteiger charge is 2.48. The Morgan fingerprint density at radius 2 is 1.71 bits per heavy atom. The fourth-order valence-corrected chi connectivity index (χ4v) is 6.47. The normalized spacial score (nSPS) is 27.2. The van der Waals surface area contributed by atoms with E-state index in [4.69, 9.17) is 21.7 Å². The Bertz CT molecular complexity index is 1240. The van der Waals surface area contributed by atoms with E-state index in [0.29, 0.717) is 43.5 Å². The summed E-state index contributed by atoms with van der Waals surface area (Å²) in [7, 11) is 0. The zero-order valence-electron chi connectivity index (χ0n) is 21.9. The summed E-state index contributed by atoms with van der Waals surface area (Å²) in [5.74, 6) is -0.0934. The minimum absolute atomic E-state index is 0.00973. The van der Waals surface area contributed by atoms with Crippen LogP contribution in [0.25, 0.3) is 0 Å². The summed E-state index contributed by atoms with van der Waals surface area (Å²) in [5.41, 5.74) is 5.44. The molecule has 3 saturated heterocycles. The molecular formula is C29H34N4O4S. The fraction of sp³-hybridized carbons (Fsp3) is 0.483. The largest absolute Gasteiger partial charge is 0.368 e. The van der Waals surface area contributed by atoms with Crippen LogP contribution in [0.15, 0.2) is 42.5 Å². The van der Waals surface area contributed by atoms with Gasteiger partial charge >= 0.3 is 0 Å². The lowest BCUT2D eigenvalue weighted by Crippen LogP contribution is -2.63. The first-order chi connectivity index (χ1) is 18.4. The maximum atomic E-state index is 13.4. The molecule has 2 aromatic rings. The van der Waals surface area contributed by atoms with Gasteiger partial charge in [-0.3, -0.25) is 14.5 Å². The Morgan fingerprint density at radius 3 is 2.45 bits per heavy atom. The van der Waals surface area contributed by atoms with Crippen molar-refractivity contribution >= 4 is 34.8 Å². The number of nitrogens with zero attached hydrogens (tertiary/aromatic N) is 3. The Labute approximate surface area is 228 Å². The molecule has 1 saturated carbocycles. The summed E-state index contributed by atoms with van der Waals surface area (Å²) in [6.45, 7) is 7.98. The molecule has 0 bridgehead atoms. The molecule has 4 unspecified atom stereocenters. The molecule has 1 aliphatic carbocycles. The molecule has 0 radical (unpaired) electrons. The SMILES string of the molecule is Cc1cccc(N2CCN(C(=O)c3ccc(CN4C(=O)C5CC6OCOC6CC5NC4=S)cc3)CC2)c1C. The highest BCUT2D eigenvalue weighted by molar-refractivity contribution is 7.80. The van der Waals surface area contributed by atoms with Gasteiger partial charge in [0.25, 0.3) is 5.91 Å². The van der Waals surface area contributed by atoms with Crippen LogP contribution in [0.1, 0.15) is 39.9 Å².